The van der Waals surface area contributed by atoms with Crippen molar-refractivity contribution < 1.29 is 9.53 Å². The van der Waals surface area contributed by atoms with Gasteiger partial charge in [0.1, 0.15) is 5.75 Å². The van der Waals surface area contributed by atoms with Gasteiger partial charge in [-0.25, -0.2) is 4.98 Å². The first-order valence-corrected chi connectivity index (χ1v) is 10.1. The van der Waals surface area contributed by atoms with E-state index in [-0.39, 0.29) is 12.5 Å². The molecule has 2 aromatic rings. The highest BCUT2D eigenvalue weighted by Gasteiger charge is 2.27. The summed E-state index contributed by atoms with van der Waals surface area (Å²) in [7, 11) is 0. The number of piperidine rings is 1. The number of para-hydroxylation sites is 1. The zero-order valence-corrected chi connectivity index (χ0v) is 15.3. The van der Waals surface area contributed by atoms with Crippen molar-refractivity contribution in [1.29, 1.82) is 0 Å². The van der Waals surface area contributed by atoms with E-state index in [1.807, 2.05) is 46.6 Å². The lowest BCUT2D eigenvalue weighted by Crippen LogP contribution is -2.40. The van der Waals surface area contributed by atoms with Gasteiger partial charge >= 0.3 is 0 Å². The fourth-order valence-corrected chi connectivity index (χ4v) is 5.00. The third-order valence-electron chi connectivity index (χ3n) is 5.16. The third-order valence-corrected chi connectivity index (χ3v) is 6.48. The molecule has 1 aromatic carbocycles. The summed E-state index contributed by atoms with van der Waals surface area (Å²) in [6.07, 6.45) is 6.99. The Hall–Kier alpha value is -1.88. The zero-order chi connectivity index (χ0) is 17.1. The average molecular weight is 356 g/mol. The molecule has 4 nitrogen and oxygen atoms in total. The minimum absolute atomic E-state index is 0.0840. The molecule has 1 aromatic heterocycles. The predicted molar refractivity (Wildman–Crippen MR) is 99.2 cm³/mol. The van der Waals surface area contributed by atoms with Crippen molar-refractivity contribution in [2.75, 3.05) is 19.7 Å². The Morgan fingerprint density at radius 2 is 1.92 bits per heavy atom. The number of amides is 1. The second-order valence-electron chi connectivity index (χ2n) is 6.89. The molecule has 0 atom stereocenters. The van der Waals surface area contributed by atoms with Gasteiger partial charge < -0.3 is 9.64 Å². The van der Waals surface area contributed by atoms with Gasteiger partial charge in [-0.2, -0.15) is 0 Å². The Bertz CT molecular complexity index is 697. The molecule has 1 aliphatic carbocycles. The van der Waals surface area contributed by atoms with E-state index in [0.29, 0.717) is 5.92 Å². The van der Waals surface area contributed by atoms with E-state index in [0.717, 1.165) is 38.1 Å². The number of hydrogen-bond donors (Lipinski definition) is 0. The molecule has 2 aliphatic rings. The van der Waals surface area contributed by atoms with E-state index in [1.165, 1.54) is 34.8 Å². The quantitative estimate of drug-likeness (QED) is 0.837. The number of aromatic nitrogens is 1. The summed E-state index contributed by atoms with van der Waals surface area (Å²) in [6, 6.07) is 9.53. The summed E-state index contributed by atoms with van der Waals surface area (Å²) in [5.41, 5.74) is 1.35. The molecule has 132 valence electrons. The predicted octanol–water partition coefficient (Wildman–Crippen LogP) is 3.81. The van der Waals surface area contributed by atoms with Crippen molar-refractivity contribution in [3.63, 3.8) is 0 Å². The van der Waals surface area contributed by atoms with Crippen LogP contribution in [0.3, 0.4) is 0 Å². The van der Waals surface area contributed by atoms with Crippen molar-refractivity contribution in [2.45, 2.75) is 44.4 Å². The molecule has 0 N–H and O–H groups in total. The number of benzene rings is 1. The first-order chi connectivity index (χ1) is 12.3. The number of fused-ring (bicyclic) bond motifs is 1. The first-order valence-electron chi connectivity index (χ1n) is 9.23. The Labute approximate surface area is 152 Å². The summed E-state index contributed by atoms with van der Waals surface area (Å²) in [5.74, 6) is 1.36. The molecule has 0 radical (unpaired) electrons. The molecule has 0 saturated carbocycles. The number of aryl methyl sites for hydroxylation is 2. The van der Waals surface area contributed by atoms with E-state index in [9.17, 15) is 4.79 Å². The van der Waals surface area contributed by atoms with E-state index in [2.05, 4.69) is 0 Å². The monoisotopic (exact) mass is 356 g/mol. The van der Waals surface area contributed by atoms with Crippen molar-refractivity contribution >= 4 is 17.2 Å². The van der Waals surface area contributed by atoms with Crippen LogP contribution in [0.2, 0.25) is 0 Å². The molecular weight excluding hydrogens is 332 g/mol. The minimum Gasteiger partial charge on any atom is -0.484 e. The van der Waals surface area contributed by atoms with Gasteiger partial charge in [0.2, 0.25) is 0 Å². The van der Waals surface area contributed by atoms with E-state index < -0.39 is 0 Å². The molecular formula is C20H24N2O2S. The molecule has 25 heavy (non-hydrogen) atoms. The Balaban J connectivity index is 1.29. The van der Waals surface area contributed by atoms with E-state index in [1.54, 1.807) is 0 Å². The topological polar surface area (TPSA) is 42.4 Å². The minimum atomic E-state index is 0.0840. The SMILES string of the molecule is O=C(COc1ccccc1)N1CCC(c2nc3c(s2)CCCC3)CC1. The lowest BCUT2D eigenvalue weighted by molar-refractivity contribution is -0.134. The summed E-state index contributed by atoms with van der Waals surface area (Å²) >= 11 is 1.92. The van der Waals surface area contributed by atoms with Crippen molar-refractivity contribution in [1.82, 2.24) is 9.88 Å². The Morgan fingerprint density at radius 1 is 1.16 bits per heavy atom. The van der Waals surface area contributed by atoms with Crippen molar-refractivity contribution in [3.8, 4) is 5.75 Å². The Morgan fingerprint density at radius 3 is 2.68 bits per heavy atom. The van der Waals surface area contributed by atoms with Crippen LogP contribution in [-0.2, 0) is 17.6 Å². The highest BCUT2D eigenvalue weighted by molar-refractivity contribution is 7.11. The van der Waals surface area contributed by atoms with Gasteiger partial charge in [-0.15, -0.1) is 11.3 Å². The summed E-state index contributed by atoms with van der Waals surface area (Å²) in [4.78, 5) is 20.7. The van der Waals surface area contributed by atoms with Crippen LogP contribution >= 0.6 is 11.3 Å². The van der Waals surface area contributed by atoms with Crippen molar-refractivity contribution in [2.24, 2.45) is 0 Å². The van der Waals surface area contributed by atoms with Gasteiger partial charge in [-0.3, -0.25) is 4.79 Å². The number of thiazole rings is 1. The van der Waals surface area contributed by atoms with Gasteiger partial charge in [-0.05, 0) is 50.7 Å². The molecule has 0 unspecified atom stereocenters. The maximum absolute atomic E-state index is 12.4. The molecule has 1 fully saturated rings. The van der Waals surface area contributed by atoms with Crippen LogP contribution in [0.5, 0.6) is 5.75 Å². The largest absolute Gasteiger partial charge is 0.484 e. The first kappa shape index (κ1) is 16.6. The lowest BCUT2D eigenvalue weighted by Gasteiger charge is -2.31. The fourth-order valence-electron chi connectivity index (χ4n) is 3.68. The molecule has 1 aliphatic heterocycles. The number of likely N-dealkylation sites (tertiary alicyclic amines) is 1. The molecule has 0 bridgehead atoms. The summed E-state index contributed by atoms with van der Waals surface area (Å²) < 4.78 is 5.59. The summed E-state index contributed by atoms with van der Waals surface area (Å²) in [5, 5.41) is 1.31. The van der Waals surface area contributed by atoms with Gasteiger partial charge in [0.05, 0.1) is 10.7 Å². The molecule has 1 amide bonds. The van der Waals surface area contributed by atoms with Crippen LogP contribution in [0.1, 0.15) is 47.2 Å². The molecule has 5 heteroatoms. The highest BCUT2D eigenvalue weighted by atomic mass is 32.1. The zero-order valence-electron chi connectivity index (χ0n) is 14.4. The lowest BCUT2D eigenvalue weighted by atomic mass is 9.97. The van der Waals surface area contributed by atoms with Gasteiger partial charge in [-0.1, -0.05) is 18.2 Å². The van der Waals surface area contributed by atoms with Crippen LogP contribution in [0, 0.1) is 0 Å². The maximum atomic E-state index is 12.4. The molecule has 4 rings (SSSR count). The van der Waals surface area contributed by atoms with Crippen LogP contribution in [0.4, 0.5) is 0 Å². The van der Waals surface area contributed by atoms with Gasteiger partial charge in [0, 0.05) is 23.9 Å². The fraction of sp³-hybridized carbons (Fsp3) is 0.500. The number of ether oxygens (including phenoxy) is 1. The Kier molecular flexibility index (Phi) is 5.02. The average Bonchev–Trinajstić information content (AvgIpc) is 3.11. The number of rotatable bonds is 4. The summed E-state index contributed by atoms with van der Waals surface area (Å²) in [6.45, 7) is 1.75. The number of carbonyl (C=O) groups excluding carboxylic acids is 1. The number of nitrogens with zero attached hydrogens (tertiary/aromatic N) is 2. The van der Waals surface area contributed by atoms with Crippen LogP contribution < -0.4 is 4.74 Å². The smallest absolute Gasteiger partial charge is 0.260 e. The molecule has 1 saturated heterocycles. The normalized spacial score (nSPS) is 18.0. The van der Waals surface area contributed by atoms with E-state index in [4.69, 9.17) is 9.72 Å². The van der Waals surface area contributed by atoms with Crippen LogP contribution in [0.25, 0.3) is 0 Å². The maximum Gasteiger partial charge on any atom is 0.260 e. The second kappa shape index (κ2) is 7.56. The second-order valence-corrected chi connectivity index (χ2v) is 8.00. The van der Waals surface area contributed by atoms with Crippen LogP contribution in [-0.4, -0.2) is 35.5 Å². The standard InChI is InChI=1S/C20H24N2O2S/c23-19(14-24-16-6-2-1-3-7-16)22-12-10-15(11-13-22)20-21-17-8-4-5-9-18(17)25-20/h1-3,6-7,15H,4-5,8-14H2. The highest BCUT2D eigenvalue weighted by Crippen LogP contribution is 2.35. The van der Waals surface area contributed by atoms with Crippen LogP contribution in [0.15, 0.2) is 30.3 Å². The molecule has 2 heterocycles. The van der Waals surface area contributed by atoms with Gasteiger partial charge in [0.15, 0.2) is 6.61 Å². The third kappa shape index (κ3) is 3.87. The molecule has 0 spiro atoms. The number of hydrogen-bond acceptors (Lipinski definition) is 4. The van der Waals surface area contributed by atoms with Gasteiger partial charge in [0.25, 0.3) is 5.91 Å². The van der Waals surface area contributed by atoms with Crippen molar-refractivity contribution in [3.05, 3.63) is 45.9 Å². The van der Waals surface area contributed by atoms with E-state index >= 15 is 0 Å². The number of carbonyl (C=O) groups is 1.